The number of halogens is 1. The molecule has 1 saturated heterocycles. The maximum absolute atomic E-state index is 12.6. The second-order valence-electron chi connectivity index (χ2n) is 4.38. The van der Waals surface area contributed by atoms with Crippen LogP contribution < -0.4 is 5.32 Å². The van der Waals surface area contributed by atoms with Crippen LogP contribution in [0.5, 0.6) is 0 Å². The van der Waals surface area contributed by atoms with Crippen molar-refractivity contribution in [1.82, 2.24) is 14.9 Å². The highest BCUT2D eigenvalue weighted by Gasteiger charge is 2.16. The van der Waals surface area contributed by atoms with Crippen molar-refractivity contribution >= 4 is 5.95 Å². The van der Waals surface area contributed by atoms with Gasteiger partial charge in [0.15, 0.2) is 5.82 Å². The second-order valence-corrected chi connectivity index (χ2v) is 4.38. The Morgan fingerprint density at radius 1 is 1.50 bits per heavy atom. The third-order valence-electron chi connectivity index (χ3n) is 2.89. The van der Waals surface area contributed by atoms with Crippen molar-refractivity contribution in [2.24, 2.45) is 5.92 Å². The van der Waals surface area contributed by atoms with Crippen molar-refractivity contribution in [1.29, 1.82) is 0 Å². The van der Waals surface area contributed by atoms with Crippen molar-refractivity contribution < 1.29 is 4.39 Å². The summed E-state index contributed by atoms with van der Waals surface area (Å²) in [5.41, 5.74) is 0. The number of hydrogen-bond donors (Lipinski definition) is 1. The van der Waals surface area contributed by atoms with E-state index >= 15 is 0 Å². The van der Waals surface area contributed by atoms with Crippen LogP contribution >= 0.6 is 0 Å². The van der Waals surface area contributed by atoms with Gasteiger partial charge in [0.2, 0.25) is 5.95 Å². The van der Waals surface area contributed by atoms with Crippen LogP contribution in [-0.4, -0.2) is 41.5 Å². The van der Waals surface area contributed by atoms with E-state index in [-0.39, 0.29) is 0 Å². The molecule has 0 aliphatic carbocycles. The van der Waals surface area contributed by atoms with E-state index in [0.29, 0.717) is 11.9 Å². The molecule has 1 aromatic rings. The molecule has 1 fully saturated rings. The maximum Gasteiger partial charge on any atom is 0.222 e. The van der Waals surface area contributed by atoms with Crippen LogP contribution in [0, 0.1) is 11.7 Å². The average Bonchev–Trinajstić information content (AvgIpc) is 2.28. The van der Waals surface area contributed by atoms with E-state index in [2.05, 4.69) is 27.2 Å². The molecule has 1 aromatic heterocycles. The summed E-state index contributed by atoms with van der Waals surface area (Å²) in [5, 5.41) is 3.15. The molecule has 88 valence electrons. The predicted octanol–water partition coefficient (Wildman–Crippen LogP) is 1.37. The molecule has 0 aromatic carbocycles. The quantitative estimate of drug-likeness (QED) is 0.842. The topological polar surface area (TPSA) is 41.0 Å². The molecule has 0 amide bonds. The van der Waals surface area contributed by atoms with Crippen LogP contribution in [0.2, 0.25) is 0 Å². The summed E-state index contributed by atoms with van der Waals surface area (Å²) in [5.74, 6) is 0.741. The van der Waals surface area contributed by atoms with Gasteiger partial charge in [-0.1, -0.05) is 0 Å². The molecule has 1 aliphatic heterocycles. The first-order valence-corrected chi connectivity index (χ1v) is 5.64. The second kappa shape index (κ2) is 5.21. The molecule has 0 radical (unpaired) electrons. The molecule has 16 heavy (non-hydrogen) atoms. The molecule has 1 atom stereocenters. The molecule has 1 unspecified atom stereocenters. The zero-order valence-electron chi connectivity index (χ0n) is 9.49. The van der Waals surface area contributed by atoms with Crippen molar-refractivity contribution in [3.8, 4) is 0 Å². The first kappa shape index (κ1) is 11.3. The van der Waals surface area contributed by atoms with Gasteiger partial charge in [-0.2, -0.15) is 0 Å². The SMILES string of the molecule is CN1CCCC(CNc2ncc(F)cn2)C1. The van der Waals surface area contributed by atoms with Gasteiger partial charge >= 0.3 is 0 Å². The number of aromatic nitrogens is 2. The maximum atomic E-state index is 12.6. The van der Waals surface area contributed by atoms with Gasteiger partial charge in [-0.3, -0.25) is 0 Å². The summed E-state index contributed by atoms with van der Waals surface area (Å²) < 4.78 is 12.6. The van der Waals surface area contributed by atoms with Gasteiger partial charge in [0.25, 0.3) is 0 Å². The molecule has 4 nitrogen and oxygen atoms in total. The number of rotatable bonds is 3. The highest BCUT2D eigenvalue weighted by atomic mass is 19.1. The Morgan fingerprint density at radius 3 is 2.94 bits per heavy atom. The Bertz CT molecular complexity index is 327. The molecule has 1 N–H and O–H groups in total. The van der Waals surface area contributed by atoms with E-state index in [1.807, 2.05) is 0 Å². The monoisotopic (exact) mass is 224 g/mol. The van der Waals surface area contributed by atoms with Crippen LogP contribution in [0.25, 0.3) is 0 Å². The largest absolute Gasteiger partial charge is 0.354 e. The zero-order chi connectivity index (χ0) is 11.4. The number of nitrogens with zero attached hydrogens (tertiary/aromatic N) is 3. The van der Waals surface area contributed by atoms with Crippen molar-refractivity contribution in [2.45, 2.75) is 12.8 Å². The van der Waals surface area contributed by atoms with Gasteiger partial charge in [0.1, 0.15) is 0 Å². The lowest BCUT2D eigenvalue weighted by Gasteiger charge is -2.29. The predicted molar refractivity (Wildman–Crippen MR) is 60.7 cm³/mol. The minimum absolute atomic E-state index is 0.400. The molecule has 0 saturated carbocycles. The van der Waals surface area contributed by atoms with E-state index in [4.69, 9.17) is 0 Å². The highest BCUT2D eigenvalue weighted by molar-refractivity contribution is 5.22. The van der Waals surface area contributed by atoms with E-state index in [9.17, 15) is 4.39 Å². The molecule has 1 aliphatic rings. The summed E-state index contributed by atoms with van der Waals surface area (Å²) in [4.78, 5) is 10.1. The molecule has 5 heteroatoms. The zero-order valence-corrected chi connectivity index (χ0v) is 9.49. The summed E-state index contributed by atoms with van der Waals surface area (Å²) in [7, 11) is 2.14. The Hall–Kier alpha value is -1.23. The van der Waals surface area contributed by atoms with Gasteiger partial charge < -0.3 is 10.2 Å². The van der Waals surface area contributed by atoms with E-state index in [1.165, 1.54) is 31.8 Å². The van der Waals surface area contributed by atoms with Gasteiger partial charge in [-0.25, -0.2) is 14.4 Å². The number of likely N-dealkylation sites (tertiary alicyclic amines) is 1. The molecule has 0 bridgehead atoms. The molecule has 2 heterocycles. The summed E-state index contributed by atoms with van der Waals surface area (Å²) in [6.45, 7) is 3.15. The van der Waals surface area contributed by atoms with Crippen molar-refractivity contribution in [3.63, 3.8) is 0 Å². The molecule has 2 rings (SSSR count). The van der Waals surface area contributed by atoms with E-state index in [1.54, 1.807) is 0 Å². The van der Waals surface area contributed by atoms with E-state index in [0.717, 1.165) is 13.1 Å². The number of anilines is 1. The first-order valence-electron chi connectivity index (χ1n) is 5.64. The fraction of sp³-hybridized carbons (Fsp3) is 0.636. The lowest BCUT2D eigenvalue weighted by Crippen LogP contribution is -2.35. The lowest BCUT2D eigenvalue weighted by molar-refractivity contribution is 0.217. The van der Waals surface area contributed by atoms with Crippen LogP contribution in [0.15, 0.2) is 12.4 Å². The normalized spacial score (nSPS) is 22.0. The fourth-order valence-corrected chi connectivity index (χ4v) is 2.08. The van der Waals surface area contributed by atoms with Crippen LogP contribution in [0.4, 0.5) is 10.3 Å². The summed E-state index contributed by atoms with van der Waals surface area (Å²) >= 11 is 0. The van der Waals surface area contributed by atoms with Crippen molar-refractivity contribution in [2.75, 3.05) is 32.0 Å². The third-order valence-corrected chi connectivity index (χ3v) is 2.89. The van der Waals surface area contributed by atoms with Crippen LogP contribution in [0.3, 0.4) is 0 Å². The van der Waals surface area contributed by atoms with E-state index < -0.39 is 5.82 Å². The van der Waals surface area contributed by atoms with Crippen LogP contribution in [0.1, 0.15) is 12.8 Å². The number of hydrogen-bond acceptors (Lipinski definition) is 4. The van der Waals surface area contributed by atoms with Gasteiger partial charge in [-0.05, 0) is 32.4 Å². The van der Waals surface area contributed by atoms with Gasteiger partial charge in [0.05, 0.1) is 12.4 Å². The summed E-state index contributed by atoms with van der Waals surface area (Å²) in [6.07, 6.45) is 4.84. The average molecular weight is 224 g/mol. The lowest BCUT2D eigenvalue weighted by atomic mass is 9.99. The summed E-state index contributed by atoms with van der Waals surface area (Å²) in [6, 6.07) is 0. The Balaban J connectivity index is 1.80. The molecular weight excluding hydrogens is 207 g/mol. The third kappa shape index (κ3) is 3.13. The standard InChI is InChI=1S/C11H17FN4/c1-16-4-2-3-9(8-16)5-13-11-14-6-10(12)7-15-11/h6-7,9H,2-5,8H2,1H3,(H,13,14,15). The minimum atomic E-state index is -0.400. The minimum Gasteiger partial charge on any atom is -0.354 e. The van der Waals surface area contributed by atoms with Gasteiger partial charge in [0, 0.05) is 13.1 Å². The van der Waals surface area contributed by atoms with Crippen molar-refractivity contribution in [3.05, 3.63) is 18.2 Å². The molecule has 0 spiro atoms. The van der Waals surface area contributed by atoms with Crippen LogP contribution in [-0.2, 0) is 0 Å². The molecular formula is C11H17FN4. The van der Waals surface area contributed by atoms with Gasteiger partial charge in [-0.15, -0.1) is 0 Å². The Labute approximate surface area is 94.9 Å². The Morgan fingerprint density at radius 2 is 2.25 bits per heavy atom. The number of nitrogens with one attached hydrogen (secondary N) is 1. The first-order chi connectivity index (χ1) is 7.74. The smallest absolute Gasteiger partial charge is 0.222 e. The fourth-order valence-electron chi connectivity index (χ4n) is 2.08. The Kier molecular flexibility index (Phi) is 3.66. The number of piperidine rings is 1. The highest BCUT2D eigenvalue weighted by Crippen LogP contribution is 2.15.